The molecular formula is C21H29N7O. The molecule has 0 radical (unpaired) electrons. The molecular weight excluding hydrogens is 366 g/mol. The molecule has 0 aromatic carbocycles. The minimum atomic E-state index is 0.0706. The molecule has 0 saturated carbocycles. The number of aromatic nitrogens is 4. The number of carbonyl (C=O) groups is 1. The number of fused-ring (bicyclic) bond motifs is 2. The van der Waals surface area contributed by atoms with Gasteiger partial charge >= 0.3 is 0 Å². The number of hydrogen-bond acceptors (Lipinski definition) is 6. The lowest BCUT2D eigenvalue weighted by molar-refractivity contribution is 0.0663. The normalized spacial score (nSPS) is 20.3. The molecule has 1 amide bonds. The van der Waals surface area contributed by atoms with E-state index in [2.05, 4.69) is 15.1 Å². The van der Waals surface area contributed by atoms with Gasteiger partial charge in [0.05, 0.1) is 17.5 Å². The number of hydrogen-bond donors (Lipinski definition) is 1. The maximum absolute atomic E-state index is 12.7. The highest BCUT2D eigenvalue weighted by Crippen LogP contribution is 2.48. The first-order chi connectivity index (χ1) is 14.1. The van der Waals surface area contributed by atoms with Crippen LogP contribution in [0, 0.1) is 0 Å². The van der Waals surface area contributed by atoms with E-state index >= 15 is 0 Å². The van der Waals surface area contributed by atoms with Crippen molar-refractivity contribution < 1.29 is 4.79 Å². The van der Waals surface area contributed by atoms with Crippen LogP contribution in [-0.4, -0.2) is 71.2 Å². The topological polar surface area (TPSA) is 81.2 Å². The number of carbonyl (C=O) groups excluding carboxylic acids is 1. The molecule has 3 aliphatic rings. The van der Waals surface area contributed by atoms with E-state index in [1.165, 1.54) is 24.1 Å². The zero-order chi connectivity index (χ0) is 20.0. The van der Waals surface area contributed by atoms with E-state index in [0.717, 1.165) is 63.6 Å². The molecule has 1 N–H and O–H groups in total. The summed E-state index contributed by atoms with van der Waals surface area (Å²) in [6.45, 7) is 3.72. The van der Waals surface area contributed by atoms with Crippen LogP contribution in [-0.2, 0) is 11.8 Å². The van der Waals surface area contributed by atoms with E-state index < -0.39 is 0 Å². The van der Waals surface area contributed by atoms with Gasteiger partial charge in [0.25, 0.3) is 5.91 Å². The molecule has 8 nitrogen and oxygen atoms in total. The van der Waals surface area contributed by atoms with Crippen LogP contribution in [0.25, 0.3) is 0 Å². The van der Waals surface area contributed by atoms with Crippen molar-refractivity contribution in [1.82, 2.24) is 25.1 Å². The largest absolute Gasteiger partial charge is 0.356 e. The molecule has 0 bridgehead atoms. The zero-order valence-electron chi connectivity index (χ0n) is 17.3. The molecule has 8 heteroatoms. The number of rotatable bonds is 3. The van der Waals surface area contributed by atoms with Crippen LogP contribution in [0.3, 0.4) is 0 Å². The summed E-state index contributed by atoms with van der Waals surface area (Å²) in [5.41, 5.74) is 3.31. The van der Waals surface area contributed by atoms with Crippen molar-refractivity contribution in [3.63, 3.8) is 0 Å². The Morgan fingerprint density at radius 2 is 1.86 bits per heavy atom. The van der Waals surface area contributed by atoms with E-state index in [4.69, 9.17) is 9.97 Å². The molecule has 29 heavy (non-hydrogen) atoms. The summed E-state index contributed by atoms with van der Waals surface area (Å²) in [5, 5.41) is 6.65. The van der Waals surface area contributed by atoms with Crippen molar-refractivity contribution >= 4 is 17.7 Å². The second kappa shape index (κ2) is 7.00. The third-order valence-electron chi connectivity index (χ3n) is 6.89. The highest BCUT2D eigenvalue weighted by atomic mass is 16.2. The lowest BCUT2D eigenvalue weighted by Gasteiger charge is -2.39. The van der Waals surface area contributed by atoms with Gasteiger partial charge in [0.2, 0.25) is 5.95 Å². The molecule has 2 aliphatic heterocycles. The Kier molecular flexibility index (Phi) is 4.44. The minimum absolute atomic E-state index is 0.0706. The summed E-state index contributed by atoms with van der Waals surface area (Å²) in [6, 6.07) is 0. The summed E-state index contributed by atoms with van der Waals surface area (Å²) in [6.07, 6.45) is 9.86. The summed E-state index contributed by atoms with van der Waals surface area (Å²) >= 11 is 0. The van der Waals surface area contributed by atoms with Crippen LogP contribution < -0.4 is 9.80 Å². The highest BCUT2D eigenvalue weighted by Gasteiger charge is 2.45. The molecule has 2 aromatic rings. The predicted molar refractivity (Wildman–Crippen MR) is 112 cm³/mol. The molecule has 2 aromatic heterocycles. The summed E-state index contributed by atoms with van der Waals surface area (Å²) in [4.78, 5) is 29.1. The number of anilines is 2. The van der Waals surface area contributed by atoms with Gasteiger partial charge in [0, 0.05) is 57.4 Å². The summed E-state index contributed by atoms with van der Waals surface area (Å²) in [5.74, 6) is 2.04. The fraction of sp³-hybridized carbons (Fsp3) is 0.619. The number of H-pyrrole nitrogens is 1. The predicted octanol–water partition coefficient (Wildman–Crippen LogP) is 1.99. The zero-order valence-corrected chi connectivity index (χ0v) is 17.3. The van der Waals surface area contributed by atoms with Crippen LogP contribution in [0.2, 0.25) is 0 Å². The van der Waals surface area contributed by atoms with Crippen LogP contribution in [0.1, 0.15) is 53.7 Å². The second-order valence-electron chi connectivity index (χ2n) is 8.82. The molecule has 2 saturated heterocycles. The van der Waals surface area contributed by atoms with Crippen LogP contribution in [0.4, 0.5) is 11.8 Å². The van der Waals surface area contributed by atoms with Crippen LogP contribution in [0.15, 0.2) is 12.4 Å². The van der Waals surface area contributed by atoms with Gasteiger partial charge in [-0.2, -0.15) is 10.1 Å². The Balaban J connectivity index is 1.44. The van der Waals surface area contributed by atoms with Gasteiger partial charge in [-0.15, -0.1) is 0 Å². The van der Waals surface area contributed by atoms with E-state index in [1.807, 2.05) is 23.9 Å². The molecule has 1 spiro atoms. The van der Waals surface area contributed by atoms with Gasteiger partial charge in [0.15, 0.2) is 0 Å². The fourth-order valence-electron chi connectivity index (χ4n) is 5.18. The lowest BCUT2D eigenvalue weighted by Crippen LogP contribution is -2.44. The standard InChI is InChI=1S/C21H29N7O/c1-26(2)20-24-17-16(18(25-20)27-9-3-4-10-27)5-6-21(17)7-11-28(12-8-21)19(29)15-13-22-23-14-15/h13-14H,3-12H2,1-2H3,(H,22,23). The Morgan fingerprint density at radius 3 is 2.52 bits per heavy atom. The van der Waals surface area contributed by atoms with Gasteiger partial charge in [-0.05, 0) is 38.5 Å². The first-order valence-corrected chi connectivity index (χ1v) is 10.7. The molecule has 154 valence electrons. The number of aromatic amines is 1. The van der Waals surface area contributed by atoms with Gasteiger partial charge in [0.1, 0.15) is 5.82 Å². The van der Waals surface area contributed by atoms with Crippen LogP contribution in [0.5, 0.6) is 0 Å². The third-order valence-corrected chi connectivity index (χ3v) is 6.89. The maximum Gasteiger partial charge on any atom is 0.257 e. The summed E-state index contributed by atoms with van der Waals surface area (Å²) < 4.78 is 0. The Hall–Kier alpha value is -2.64. The minimum Gasteiger partial charge on any atom is -0.356 e. The lowest BCUT2D eigenvalue weighted by atomic mass is 9.76. The van der Waals surface area contributed by atoms with Crippen molar-refractivity contribution in [2.24, 2.45) is 0 Å². The fourth-order valence-corrected chi connectivity index (χ4v) is 5.18. The van der Waals surface area contributed by atoms with Crippen molar-refractivity contribution in [3.8, 4) is 0 Å². The van der Waals surface area contributed by atoms with Crippen molar-refractivity contribution in [2.75, 3.05) is 50.1 Å². The maximum atomic E-state index is 12.7. The van der Waals surface area contributed by atoms with Crippen LogP contribution >= 0.6 is 0 Å². The van der Waals surface area contributed by atoms with Gasteiger partial charge < -0.3 is 14.7 Å². The first kappa shape index (κ1) is 18.4. The SMILES string of the molecule is CN(C)c1nc(N2CCCC2)c2c(n1)C1(CC2)CCN(C(=O)c2cn[nH]c2)CC1. The Morgan fingerprint density at radius 1 is 1.10 bits per heavy atom. The van der Waals surface area contributed by atoms with Crippen molar-refractivity contribution in [1.29, 1.82) is 0 Å². The van der Waals surface area contributed by atoms with Crippen molar-refractivity contribution in [3.05, 3.63) is 29.2 Å². The molecule has 5 rings (SSSR count). The quantitative estimate of drug-likeness (QED) is 0.856. The van der Waals surface area contributed by atoms with E-state index in [1.54, 1.807) is 12.4 Å². The van der Waals surface area contributed by atoms with Gasteiger partial charge in [-0.25, -0.2) is 4.98 Å². The van der Waals surface area contributed by atoms with Gasteiger partial charge in [-0.1, -0.05) is 0 Å². The van der Waals surface area contributed by atoms with E-state index in [-0.39, 0.29) is 11.3 Å². The average Bonchev–Trinajstić information content (AvgIpc) is 3.50. The molecule has 2 fully saturated rings. The molecule has 1 aliphatic carbocycles. The monoisotopic (exact) mass is 395 g/mol. The van der Waals surface area contributed by atoms with E-state index in [9.17, 15) is 4.79 Å². The second-order valence-corrected chi connectivity index (χ2v) is 8.82. The molecule has 4 heterocycles. The van der Waals surface area contributed by atoms with Gasteiger partial charge in [-0.3, -0.25) is 9.89 Å². The summed E-state index contributed by atoms with van der Waals surface area (Å²) in [7, 11) is 4.03. The number of piperidine rings is 1. The average molecular weight is 396 g/mol. The smallest absolute Gasteiger partial charge is 0.257 e. The van der Waals surface area contributed by atoms with Crippen molar-refractivity contribution in [2.45, 2.75) is 43.9 Å². The number of nitrogens with one attached hydrogen (secondary N) is 1. The number of nitrogens with zero attached hydrogens (tertiary/aromatic N) is 6. The molecule has 0 atom stereocenters. The number of likely N-dealkylation sites (tertiary alicyclic amines) is 1. The first-order valence-electron chi connectivity index (χ1n) is 10.7. The highest BCUT2D eigenvalue weighted by molar-refractivity contribution is 5.93. The third kappa shape index (κ3) is 3.05. The van der Waals surface area contributed by atoms with E-state index in [0.29, 0.717) is 5.56 Å². The number of amides is 1. The Bertz CT molecular complexity index is 894. The Labute approximate surface area is 171 Å². The molecule has 0 unspecified atom stereocenters.